The van der Waals surface area contributed by atoms with E-state index in [1.807, 2.05) is 37.4 Å². The molecule has 0 atom stereocenters. The Bertz CT molecular complexity index is 607. The number of aromatic nitrogens is 2. The van der Waals surface area contributed by atoms with Crippen molar-refractivity contribution in [3.05, 3.63) is 56.4 Å². The Morgan fingerprint density at radius 3 is 2.61 bits per heavy atom. The molecule has 2 aromatic rings. The summed E-state index contributed by atoms with van der Waals surface area (Å²) in [6.07, 6.45) is 1.93. The summed E-state index contributed by atoms with van der Waals surface area (Å²) in [6, 6.07) is 9.51. The number of aryl methyl sites for hydroxylation is 1. The van der Waals surface area contributed by atoms with Crippen LogP contribution in [0.1, 0.15) is 11.3 Å². The normalized spacial score (nSPS) is 10.6. The summed E-state index contributed by atoms with van der Waals surface area (Å²) in [5.74, 6) is 0. The second-order valence-electron chi connectivity index (χ2n) is 3.94. The average molecular weight is 325 g/mol. The van der Waals surface area contributed by atoms with Crippen molar-refractivity contribution in [3.8, 4) is 0 Å². The molecular formula is C13H13BrN2OS. The van der Waals surface area contributed by atoms with Crippen LogP contribution in [0, 0.1) is 6.92 Å². The van der Waals surface area contributed by atoms with Gasteiger partial charge in [-0.2, -0.15) is 0 Å². The van der Waals surface area contributed by atoms with Crippen LogP contribution in [-0.2, 0) is 6.54 Å². The topological polar surface area (TPSA) is 34.9 Å². The van der Waals surface area contributed by atoms with Crippen LogP contribution < -0.4 is 5.56 Å². The largest absolute Gasteiger partial charge is 0.283 e. The fraction of sp³-hybridized carbons (Fsp3) is 0.231. The smallest absolute Gasteiger partial charge is 0.254 e. The highest BCUT2D eigenvalue weighted by molar-refractivity contribution is 9.10. The first kappa shape index (κ1) is 13.4. The van der Waals surface area contributed by atoms with E-state index in [2.05, 4.69) is 20.9 Å². The van der Waals surface area contributed by atoms with Gasteiger partial charge < -0.3 is 0 Å². The van der Waals surface area contributed by atoms with Gasteiger partial charge in [-0.3, -0.25) is 9.36 Å². The molecule has 0 aliphatic heterocycles. The molecule has 0 aliphatic carbocycles. The molecule has 2 rings (SSSR count). The molecule has 0 spiro atoms. The summed E-state index contributed by atoms with van der Waals surface area (Å²) in [5.41, 5.74) is 1.84. The third-order valence-electron chi connectivity index (χ3n) is 2.54. The predicted molar refractivity (Wildman–Crippen MR) is 78.3 cm³/mol. The molecule has 0 amide bonds. The molecular weight excluding hydrogens is 312 g/mol. The Hall–Kier alpha value is -1.07. The molecule has 1 heterocycles. The van der Waals surface area contributed by atoms with E-state index in [0.717, 1.165) is 20.9 Å². The zero-order valence-electron chi connectivity index (χ0n) is 10.2. The van der Waals surface area contributed by atoms with Crippen molar-refractivity contribution in [1.29, 1.82) is 0 Å². The van der Waals surface area contributed by atoms with E-state index in [0.29, 0.717) is 6.54 Å². The van der Waals surface area contributed by atoms with E-state index < -0.39 is 0 Å². The van der Waals surface area contributed by atoms with E-state index in [9.17, 15) is 4.79 Å². The van der Waals surface area contributed by atoms with Crippen molar-refractivity contribution in [2.75, 3.05) is 6.26 Å². The maximum atomic E-state index is 12.0. The van der Waals surface area contributed by atoms with Gasteiger partial charge in [-0.25, -0.2) is 4.98 Å². The molecule has 0 bridgehead atoms. The van der Waals surface area contributed by atoms with E-state index in [1.54, 1.807) is 10.6 Å². The number of hydrogen-bond donors (Lipinski definition) is 0. The van der Waals surface area contributed by atoms with Gasteiger partial charge in [-0.05, 0) is 30.9 Å². The maximum absolute atomic E-state index is 12.0. The molecule has 94 valence electrons. The van der Waals surface area contributed by atoms with Crippen molar-refractivity contribution in [3.63, 3.8) is 0 Å². The zero-order valence-corrected chi connectivity index (χ0v) is 12.6. The van der Waals surface area contributed by atoms with Crippen molar-refractivity contribution in [2.24, 2.45) is 0 Å². The van der Waals surface area contributed by atoms with Crippen molar-refractivity contribution >= 4 is 27.7 Å². The minimum Gasteiger partial charge on any atom is -0.283 e. The molecule has 1 aromatic carbocycles. The van der Waals surface area contributed by atoms with Crippen molar-refractivity contribution in [1.82, 2.24) is 9.55 Å². The molecule has 0 radical (unpaired) electrons. The maximum Gasteiger partial charge on any atom is 0.254 e. The Balaban J connectivity index is 2.39. The first-order chi connectivity index (χ1) is 8.60. The Morgan fingerprint density at radius 2 is 2.00 bits per heavy atom. The van der Waals surface area contributed by atoms with E-state index in [-0.39, 0.29) is 5.56 Å². The highest BCUT2D eigenvalue weighted by Gasteiger charge is 2.06. The molecule has 18 heavy (non-hydrogen) atoms. The Morgan fingerprint density at radius 1 is 1.33 bits per heavy atom. The van der Waals surface area contributed by atoms with Crippen LogP contribution in [-0.4, -0.2) is 15.8 Å². The molecule has 0 saturated carbocycles. The van der Waals surface area contributed by atoms with Gasteiger partial charge in [-0.15, -0.1) is 0 Å². The molecule has 0 unspecified atom stereocenters. The van der Waals surface area contributed by atoms with Crippen LogP contribution >= 0.6 is 27.7 Å². The fourth-order valence-electron chi connectivity index (χ4n) is 1.67. The van der Waals surface area contributed by atoms with Crippen LogP contribution in [0.3, 0.4) is 0 Å². The van der Waals surface area contributed by atoms with Crippen molar-refractivity contribution in [2.45, 2.75) is 18.6 Å². The van der Waals surface area contributed by atoms with Gasteiger partial charge >= 0.3 is 0 Å². The molecule has 0 aliphatic rings. The zero-order chi connectivity index (χ0) is 13.1. The number of rotatable bonds is 3. The number of halogens is 1. The lowest BCUT2D eigenvalue weighted by Crippen LogP contribution is -2.23. The highest BCUT2D eigenvalue weighted by atomic mass is 79.9. The lowest BCUT2D eigenvalue weighted by atomic mass is 10.2. The Kier molecular flexibility index (Phi) is 4.24. The van der Waals surface area contributed by atoms with Gasteiger partial charge in [0.2, 0.25) is 0 Å². The molecule has 0 fully saturated rings. The second-order valence-corrected chi connectivity index (χ2v) is 5.62. The first-order valence-corrected chi connectivity index (χ1v) is 7.49. The van der Waals surface area contributed by atoms with Gasteiger partial charge in [0, 0.05) is 16.2 Å². The van der Waals surface area contributed by atoms with Crippen LogP contribution in [0.4, 0.5) is 0 Å². The molecule has 1 aromatic heterocycles. The van der Waals surface area contributed by atoms with Crippen molar-refractivity contribution < 1.29 is 0 Å². The number of nitrogens with zero attached hydrogens (tertiary/aromatic N) is 2. The summed E-state index contributed by atoms with van der Waals surface area (Å²) in [4.78, 5) is 16.4. The fourth-order valence-corrected chi connectivity index (χ4v) is 2.54. The number of thioether (sulfide) groups is 1. The molecule has 0 N–H and O–H groups in total. The summed E-state index contributed by atoms with van der Waals surface area (Å²) >= 11 is 4.89. The predicted octanol–water partition coefficient (Wildman–Crippen LogP) is 3.08. The van der Waals surface area contributed by atoms with Gasteiger partial charge in [-0.1, -0.05) is 39.8 Å². The lowest BCUT2D eigenvalue weighted by Gasteiger charge is -2.10. The standard InChI is InChI=1S/C13H13BrN2OS/c1-9-7-12(17)16(13(15-9)18-2)8-10-3-5-11(14)6-4-10/h3-7H,8H2,1-2H3. The van der Waals surface area contributed by atoms with Crippen LogP contribution in [0.2, 0.25) is 0 Å². The number of hydrogen-bond acceptors (Lipinski definition) is 3. The van der Waals surface area contributed by atoms with Crippen LogP contribution in [0.5, 0.6) is 0 Å². The van der Waals surface area contributed by atoms with Gasteiger partial charge in [0.05, 0.1) is 6.54 Å². The summed E-state index contributed by atoms with van der Waals surface area (Å²) in [6.45, 7) is 2.39. The van der Waals surface area contributed by atoms with Gasteiger partial charge in [0.1, 0.15) is 0 Å². The lowest BCUT2D eigenvalue weighted by molar-refractivity contribution is 0.639. The first-order valence-electron chi connectivity index (χ1n) is 5.47. The van der Waals surface area contributed by atoms with Crippen LogP contribution in [0.15, 0.2) is 44.8 Å². The van der Waals surface area contributed by atoms with Gasteiger partial charge in [0.25, 0.3) is 5.56 Å². The molecule has 0 saturated heterocycles. The molecule has 3 nitrogen and oxygen atoms in total. The van der Waals surface area contributed by atoms with Crippen LogP contribution in [0.25, 0.3) is 0 Å². The van der Waals surface area contributed by atoms with E-state index >= 15 is 0 Å². The average Bonchev–Trinajstić information content (AvgIpc) is 2.34. The Labute approximate surface area is 118 Å². The third-order valence-corrected chi connectivity index (χ3v) is 3.74. The summed E-state index contributed by atoms with van der Waals surface area (Å²) < 4.78 is 2.73. The number of benzene rings is 1. The third kappa shape index (κ3) is 3.03. The molecule has 5 heteroatoms. The summed E-state index contributed by atoms with van der Waals surface area (Å²) in [5, 5.41) is 0.753. The quantitative estimate of drug-likeness (QED) is 0.642. The highest BCUT2D eigenvalue weighted by Crippen LogP contribution is 2.14. The minimum absolute atomic E-state index is 0.00484. The van der Waals surface area contributed by atoms with Gasteiger partial charge in [0.15, 0.2) is 5.16 Å². The SMILES string of the molecule is CSc1nc(C)cc(=O)n1Cc1ccc(Br)cc1. The minimum atomic E-state index is -0.00484. The van der Waals surface area contributed by atoms with E-state index in [1.165, 1.54) is 11.8 Å². The summed E-state index contributed by atoms with van der Waals surface area (Å²) in [7, 11) is 0. The second kappa shape index (κ2) is 5.71. The monoisotopic (exact) mass is 324 g/mol. The van der Waals surface area contributed by atoms with E-state index in [4.69, 9.17) is 0 Å².